The van der Waals surface area contributed by atoms with Crippen LogP contribution in [0, 0.1) is 13.8 Å². The molecule has 0 spiro atoms. The molecule has 1 aromatic heterocycles. The Morgan fingerprint density at radius 2 is 1.83 bits per heavy atom. The number of fused-ring (bicyclic) bond motifs is 1. The third-order valence-corrected chi connectivity index (χ3v) is 4.48. The van der Waals surface area contributed by atoms with Crippen molar-refractivity contribution in [2.45, 2.75) is 20.4 Å². The molecule has 29 heavy (non-hydrogen) atoms. The van der Waals surface area contributed by atoms with E-state index in [-0.39, 0.29) is 19.1 Å². The van der Waals surface area contributed by atoms with Gasteiger partial charge < -0.3 is 23.9 Å². The standard InChI is InChI=1S/C22H23NO6/c1-13-7-18(22-14(2)9-21(25)29-19(22)8-13)28-12-20(24)23-11-15-5-6-16(26-3)10-17(15)27-4/h5-10H,11-12H2,1-4H3,(H,23,24). The Morgan fingerprint density at radius 3 is 2.55 bits per heavy atom. The lowest BCUT2D eigenvalue weighted by Gasteiger charge is -2.13. The molecule has 0 unspecified atom stereocenters. The van der Waals surface area contributed by atoms with Crippen LogP contribution in [-0.4, -0.2) is 26.7 Å². The van der Waals surface area contributed by atoms with Gasteiger partial charge in [-0.3, -0.25) is 4.79 Å². The van der Waals surface area contributed by atoms with E-state index in [0.717, 1.165) is 16.7 Å². The first-order valence-electron chi connectivity index (χ1n) is 9.06. The van der Waals surface area contributed by atoms with Crippen LogP contribution >= 0.6 is 0 Å². The van der Waals surface area contributed by atoms with Crippen LogP contribution in [0.5, 0.6) is 17.2 Å². The number of hydrogen-bond acceptors (Lipinski definition) is 6. The van der Waals surface area contributed by atoms with E-state index in [1.54, 1.807) is 39.3 Å². The van der Waals surface area contributed by atoms with Crippen molar-refractivity contribution in [1.29, 1.82) is 0 Å². The number of carbonyl (C=O) groups is 1. The van der Waals surface area contributed by atoms with Gasteiger partial charge in [-0.1, -0.05) is 0 Å². The zero-order valence-electron chi connectivity index (χ0n) is 16.8. The van der Waals surface area contributed by atoms with Crippen LogP contribution in [0.25, 0.3) is 11.0 Å². The zero-order valence-corrected chi connectivity index (χ0v) is 16.8. The highest BCUT2D eigenvalue weighted by atomic mass is 16.5. The van der Waals surface area contributed by atoms with Crippen molar-refractivity contribution >= 4 is 16.9 Å². The number of nitrogens with one attached hydrogen (secondary N) is 1. The summed E-state index contributed by atoms with van der Waals surface area (Å²) in [5, 5.41) is 3.49. The van der Waals surface area contributed by atoms with Crippen LogP contribution < -0.4 is 25.2 Å². The topological polar surface area (TPSA) is 87.0 Å². The van der Waals surface area contributed by atoms with E-state index < -0.39 is 5.63 Å². The van der Waals surface area contributed by atoms with Gasteiger partial charge in [-0.05, 0) is 49.2 Å². The molecular weight excluding hydrogens is 374 g/mol. The van der Waals surface area contributed by atoms with Crippen LogP contribution in [0.2, 0.25) is 0 Å². The van der Waals surface area contributed by atoms with Crippen LogP contribution in [0.3, 0.4) is 0 Å². The summed E-state index contributed by atoms with van der Waals surface area (Å²) in [6.45, 7) is 3.79. The lowest BCUT2D eigenvalue weighted by molar-refractivity contribution is -0.123. The first-order chi connectivity index (χ1) is 13.9. The molecule has 1 amide bonds. The van der Waals surface area contributed by atoms with Crippen molar-refractivity contribution in [1.82, 2.24) is 5.32 Å². The number of ether oxygens (including phenoxy) is 3. The van der Waals surface area contributed by atoms with Crippen LogP contribution in [0.15, 0.2) is 45.6 Å². The minimum atomic E-state index is -0.419. The maximum absolute atomic E-state index is 12.3. The van der Waals surface area contributed by atoms with Gasteiger partial charge in [0.2, 0.25) is 0 Å². The molecule has 152 valence electrons. The fraction of sp³-hybridized carbons (Fsp3) is 0.273. The second kappa shape index (κ2) is 8.68. The third-order valence-electron chi connectivity index (χ3n) is 4.48. The average molecular weight is 397 g/mol. The predicted molar refractivity (Wildman–Crippen MR) is 109 cm³/mol. The van der Waals surface area contributed by atoms with E-state index in [4.69, 9.17) is 18.6 Å². The molecule has 1 heterocycles. The summed E-state index contributed by atoms with van der Waals surface area (Å²) in [6, 6.07) is 10.4. The molecule has 2 aromatic carbocycles. The summed E-state index contributed by atoms with van der Waals surface area (Å²) in [5.74, 6) is 1.51. The summed E-state index contributed by atoms with van der Waals surface area (Å²) < 4.78 is 21.5. The summed E-state index contributed by atoms with van der Waals surface area (Å²) in [4.78, 5) is 23.9. The third kappa shape index (κ3) is 4.68. The minimum absolute atomic E-state index is 0.171. The van der Waals surface area contributed by atoms with E-state index in [9.17, 15) is 9.59 Å². The fourth-order valence-electron chi connectivity index (χ4n) is 3.08. The molecule has 7 heteroatoms. The van der Waals surface area contributed by atoms with Crippen molar-refractivity contribution in [3.8, 4) is 17.2 Å². The molecule has 0 radical (unpaired) electrons. The Hall–Kier alpha value is -3.48. The smallest absolute Gasteiger partial charge is 0.336 e. The fourth-order valence-corrected chi connectivity index (χ4v) is 3.08. The molecular formula is C22H23NO6. The van der Waals surface area contributed by atoms with Gasteiger partial charge in [-0.15, -0.1) is 0 Å². The lowest BCUT2D eigenvalue weighted by Crippen LogP contribution is -2.28. The Balaban J connectivity index is 1.70. The second-order valence-corrected chi connectivity index (χ2v) is 6.63. The maximum atomic E-state index is 12.3. The molecule has 0 fully saturated rings. The molecule has 0 saturated carbocycles. The monoisotopic (exact) mass is 397 g/mol. The van der Waals surface area contributed by atoms with Crippen molar-refractivity contribution in [2.75, 3.05) is 20.8 Å². The Labute approximate surface area is 168 Å². The molecule has 7 nitrogen and oxygen atoms in total. The average Bonchev–Trinajstić information content (AvgIpc) is 2.69. The van der Waals surface area contributed by atoms with Gasteiger partial charge in [0.1, 0.15) is 22.8 Å². The van der Waals surface area contributed by atoms with Crippen LogP contribution in [0.1, 0.15) is 16.7 Å². The van der Waals surface area contributed by atoms with Gasteiger partial charge in [0.15, 0.2) is 6.61 Å². The number of rotatable bonds is 7. The predicted octanol–water partition coefficient (Wildman–Crippen LogP) is 3.12. The number of carbonyl (C=O) groups excluding carboxylic acids is 1. The van der Waals surface area contributed by atoms with Crippen molar-refractivity contribution < 1.29 is 23.4 Å². The highest BCUT2D eigenvalue weighted by Gasteiger charge is 2.12. The number of benzene rings is 2. The summed E-state index contributed by atoms with van der Waals surface area (Å²) in [5.41, 5.74) is 2.44. The first kappa shape index (κ1) is 20.3. The Bertz CT molecular complexity index is 1100. The Kier molecular flexibility index (Phi) is 6.07. The van der Waals surface area contributed by atoms with Crippen molar-refractivity contribution in [3.63, 3.8) is 0 Å². The molecule has 3 rings (SSSR count). The van der Waals surface area contributed by atoms with Crippen LogP contribution in [0.4, 0.5) is 0 Å². The van der Waals surface area contributed by atoms with Gasteiger partial charge in [0.05, 0.1) is 19.6 Å². The summed E-state index contributed by atoms with van der Waals surface area (Å²) in [7, 11) is 3.14. The van der Waals surface area contributed by atoms with Crippen LogP contribution in [-0.2, 0) is 11.3 Å². The van der Waals surface area contributed by atoms with E-state index in [2.05, 4.69) is 5.32 Å². The number of aryl methyl sites for hydroxylation is 2. The summed E-state index contributed by atoms with van der Waals surface area (Å²) >= 11 is 0. The van der Waals surface area contributed by atoms with Gasteiger partial charge in [0, 0.05) is 24.2 Å². The van der Waals surface area contributed by atoms with E-state index in [1.807, 2.05) is 19.1 Å². The maximum Gasteiger partial charge on any atom is 0.336 e. The van der Waals surface area contributed by atoms with Gasteiger partial charge in [-0.2, -0.15) is 0 Å². The van der Waals surface area contributed by atoms with Crippen molar-refractivity contribution in [3.05, 3.63) is 63.5 Å². The molecule has 0 aliphatic heterocycles. The largest absolute Gasteiger partial charge is 0.497 e. The SMILES string of the molecule is COc1ccc(CNC(=O)COc2cc(C)cc3oc(=O)cc(C)c23)c(OC)c1. The molecule has 0 saturated heterocycles. The highest BCUT2D eigenvalue weighted by molar-refractivity contribution is 5.88. The number of hydrogen-bond donors (Lipinski definition) is 1. The second-order valence-electron chi connectivity index (χ2n) is 6.63. The molecule has 0 aliphatic carbocycles. The first-order valence-corrected chi connectivity index (χ1v) is 9.06. The van der Waals surface area contributed by atoms with Crippen molar-refractivity contribution in [2.24, 2.45) is 0 Å². The number of amides is 1. The van der Waals surface area contributed by atoms with Gasteiger partial charge >= 0.3 is 5.63 Å². The normalized spacial score (nSPS) is 10.6. The van der Waals surface area contributed by atoms with Gasteiger partial charge in [0.25, 0.3) is 5.91 Å². The molecule has 0 aliphatic rings. The number of methoxy groups -OCH3 is 2. The van der Waals surface area contributed by atoms with E-state index in [1.165, 1.54) is 6.07 Å². The molecule has 3 aromatic rings. The lowest BCUT2D eigenvalue weighted by atomic mass is 10.1. The van der Waals surface area contributed by atoms with Gasteiger partial charge in [-0.25, -0.2) is 4.79 Å². The quantitative estimate of drug-likeness (QED) is 0.617. The zero-order chi connectivity index (χ0) is 21.0. The minimum Gasteiger partial charge on any atom is -0.497 e. The highest BCUT2D eigenvalue weighted by Crippen LogP contribution is 2.29. The molecule has 1 N–H and O–H groups in total. The summed E-state index contributed by atoms with van der Waals surface area (Å²) in [6.07, 6.45) is 0. The van der Waals surface area contributed by atoms with E-state index in [0.29, 0.717) is 28.2 Å². The van der Waals surface area contributed by atoms with E-state index >= 15 is 0 Å². The molecule has 0 atom stereocenters. The molecule has 0 bridgehead atoms. The Morgan fingerprint density at radius 1 is 1.03 bits per heavy atom.